The highest BCUT2D eigenvalue weighted by Gasteiger charge is 2.08. The molecule has 0 aliphatic carbocycles. The van der Waals surface area contributed by atoms with Crippen LogP contribution in [0.1, 0.15) is 5.56 Å². The maximum Gasteiger partial charge on any atom is 0.267 e. The van der Waals surface area contributed by atoms with Gasteiger partial charge in [0.05, 0.1) is 9.71 Å². The third-order valence-electron chi connectivity index (χ3n) is 2.55. The molecule has 3 N–H and O–H groups in total. The van der Waals surface area contributed by atoms with Crippen LogP contribution in [0.3, 0.4) is 0 Å². The number of hydrogen-bond acceptors (Lipinski definition) is 4. The molecule has 0 aliphatic rings. The molecule has 5 nitrogen and oxygen atoms in total. The van der Waals surface area contributed by atoms with Crippen molar-refractivity contribution in [2.24, 2.45) is 0 Å². The summed E-state index contributed by atoms with van der Waals surface area (Å²) < 4.78 is 16.0. The fourth-order valence-corrected chi connectivity index (χ4v) is 3.84. The summed E-state index contributed by atoms with van der Waals surface area (Å²) in [5.74, 6) is 3.13. The molecule has 0 saturated carbocycles. The Morgan fingerprint density at radius 3 is 2.57 bits per heavy atom. The molecule has 0 aliphatic heterocycles. The van der Waals surface area contributed by atoms with Gasteiger partial charge in [-0.25, -0.2) is 9.69 Å². The van der Waals surface area contributed by atoms with E-state index in [4.69, 9.17) is 5.21 Å². The molecule has 2 rings (SSSR count). The maximum atomic E-state index is 12.5. The monoisotopic (exact) mass is 322 g/mol. The molecular formula is C14H14N2O3S2. The zero-order valence-electron chi connectivity index (χ0n) is 11.0. The van der Waals surface area contributed by atoms with Crippen LogP contribution >= 0.6 is 11.3 Å². The lowest BCUT2D eigenvalue weighted by Crippen LogP contribution is -2.14. The standard InChI is InChI=1S/C14H14N2O3S2/c1-21(19,14-3-2-10-20-14)16-12-7-4-11(5-8-12)6-9-13(17)15-18/h2-10,18H,1H2,(H,15,17)(H,16,19)/b9-6+. The van der Waals surface area contributed by atoms with E-state index in [1.807, 2.05) is 11.4 Å². The van der Waals surface area contributed by atoms with Crippen LogP contribution in [0, 0.1) is 0 Å². The van der Waals surface area contributed by atoms with Crippen molar-refractivity contribution >= 4 is 44.6 Å². The van der Waals surface area contributed by atoms with Gasteiger partial charge in [-0.05, 0) is 41.1 Å². The van der Waals surface area contributed by atoms with Crippen molar-refractivity contribution in [3.05, 3.63) is 53.4 Å². The first kappa shape index (κ1) is 15.3. The molecule has 7 heteroatoms. The number of carbonyl (C=O) groups excluding carboxylic acids is 1. The van der Waals surface area contributed by atoms with Crippen molar-refractivity contribution in [1.29, 1.82) is 0 Å². The zero-order valence-corrected chi connectivity index (χ0v) is 12.6. The smallest absolute Gasteiger partial charge is 0.267 e. The number of benzene rings is 1. The Bertz CT molecular complexity index is 733. The normalized spacial score (nSPS) is 13.8. The van der Waals surface area contributed by atoms with Gasteiger partial charge in [-0.1, -0.05) is 18.2 Å². The minimum atomic E-state index is -2.56. The fourth-order valence-electron chi connectivity index (χ4n) is 1.56. The van der Waals surface area contributed by atoms with Gasteiger partial charge in [0.1, 0.15) is 4.21 Å². The van der Waals surface area contributed by atoms with Gasteiger partial charge in [0.2, 0.25) is 0 Å². The summed E-state index contributed by atoms with van der Waals surface area (Å²) in [5.41, 5.74) is 2.96. The van der Waals surface area contributed by atoms with Crippen LogP contribution in [0.2, 0.25) is 0 Å². The number of anilines is 1. The number of nitrogens with one attached hydrogen (secondary N) is 2. The van der Waals surface area contributed by atoms with Crippen molar-refractivity contribution in [2.45, 2.75) is 4.21 Å². The summed E-state index contributed by atoms with van der Waals surface area (Å²) in [6.45, 7) is 0. The van der Waals surface area contributed by atoms with Crippen LogP contribution in [-0.4, -0.2) is 21.2 Å². The number of carbonyl (C=O) groups is 1. The van der Waals surface area contributed by atoms with E-state index in [0.29, 0.717) is 9.90 Å². The average molecular weight is 322 g/mol. The summed E-state index contributed by atoms with van der Waals surface area (Å²) in [5, 5.41) is 10.2. The first-order valence-electron chi connectivity index (χ1n) is 5.92. The number of rotatable bonds is 5. The highest BCUT2D eigenvalue weighted by molar-refractivity contribution is 8.03. The second kappa shape index (κ2) is 6.57. The summed E-state index contributed by atoms with van der Waals surface area (Å²) in [6, 6.07) is 10.6. The molecule has 0 bridgehead atoms. The number of hydrogen-bond donors (Lipinski definition) is 3. The topological polar surface area (TPSA) is 78.4 Å². The van der Waals surface area contributed by atoms with Crippen LogP contribution in [-0.2, 0) is 14.5 Å². The lowest BCUT2D eigenvalue weighted by molar-refractivity contribution is -0.124. The van der Waals surface area contributed by atoms with Gasteiger partial charge in [0.25, 0.3) is 5.91 Å². The lowest BCUT2D eigenvalue weighted by Gasteiger charge is -2.10. The molecule has 1 unspecified atom stereocenters. The number of hydroxylamine groups is 1. The quantitative estimate of drug-likeness (QED) is 0.342. The van der Waals surface area contributed by atoms with Crippen LogP contribution in [0.15, 0.2) is 52.1 Å². The van der Waals surface area contributed by atoms with Crippen molar-refractivity contribution < 1.29 is 14.2 Å². The van der Waals surface area contributed by atoms with E-state index in [0.717, 1.165) is 5.56 Å². The Balaban J connectivity index is 2.10. The van der Waals surface area contributed by atoms with Gasteiger partial charge in [-0.2, -0.15) is 0 Å². The summed E-state index contributed by atoms with van der Waals surface area (Å²) in [6.07, 6.45) is 2.76. The van der Waals surface area contributed by atoms with Gasteiger partial charge in [-0.15, -0.1) is 11.3 Å². The minimum absolute atomic E-state index is 0.601. The fraction of sp³-hybridized carbons (Fsp3) is 0. The second-order valence-corrected chi connectivity index (χ2v) is 7.34. The molecule has 1 heterocycles. The molecule has 0 saturated heterocycles. The first-order valence-corrected chi connectivity index (χ1v) is 8.53. The Hall–Kier alpha value is -2.09. The Labute approximate surface area is 127 Å². The van der Waals surface area contributed by atoms with Crippen molar-refractivity contribution in [1.82, 2.24) is 5.48 Å². The zero-order chi connectivity index (χ0) is 15.3. The Morgan fingerprint density at radius 2 is 2.00 bits per heavy atom. The van der Waals surface area contributed by atoms with Crippen LogP contribution in [0.25, 0.3) is 6.08 Å². The molecule has 1 atom stereocenters. The predicted molar refractivity (Wildman–Crippen MR) is 86.9 cm³/mol. The van der Waals surface area contributed by atoms with Crippen LogP contribution < -0.4 is 10.2 Å². The van der Waals surface area contributed by atoms with Crippen molar-refractivity contribution in [3.8, 4) is 0 Å². The van der Waals surface area contributed by atoms with Crippen molar-refractivity contribution in [2.75, 3.05) is 4.72 Å². The maximum absolute atomic E-state index is 12.5. The molecule has 0 spiro atoms. The third-order valence-corrected chi connectivity index (χ3v) is 5.66. The predicted octanol–water partition coefficient (Wildman–Crippen LogP) is 2.37. The Morgan fingerprint density at radius 1 is 1.29 bits per heavy atom. The third kappa shape index (κ3) is 4.19. The molecule has 2 aromatic rings. The molecule has 0 fully saturated rings. The molecule has 110 valence electrons. The van der Waals surface area contributed by atoms with Crippen LogP contribution in [0.5, 0.6) is 0 Å². The molecule has 1 aromatic heterocycles. The average Bonchev–Trinajstić information content (AvgIpc) is 3.01. The summed E-state index contributed by atoms with van der Waals surface area (Å²) in [7, 11) is -2.56. The highest BCUT2D eigenvalue weighted by Crippen LogP contribution is 2.20. The van der Waals surface area contributed by atoms with E-state index in [2.05, 4.69) is 10.6 Å². The minimum Gasteiger partial charge on any atom is -0.309 e. The van der Waals surface area contributed by atoms with Gasteiger partial charge < -0.3 is 4.72 Å². The molecular weight excluding hydrogens is 308 g/mol. The van der Waals surface area contributed by atoms with Gasteiger partial charge >= 0.3 is 0 Å². The summed E-state index contributed by atoms with van der Waals surface area (Å²) in [4.78, 5) is 10.9. The van der Waals surface area contributed by atoms with E-state index in [1.54, 1.807) is 36.4 Å². The van der Waals surface area contributed by atoms with Gasteiger partial charge in [0, 0.05) is 11.8 Å². The van der Waals surface area contributed by atoms with Gasteiger partial charge in [0.15, 0.2) is 0 Å². The van der Waals surface area contributed by atoms with Crippen LogP contribution in [0.4, 0.5) is 5.69 Å². The number of amides is 1. The van der Waals surface area contributed by atoms with Crippen molar-refractivity contribution in [3.63, 3.8) is 0 Å². The Kier molecular flexibility index (Phi) is 4.79. The van der Waals surface area contributed by atoms with E-state index in [-0.39, 0.29) is 0 Å². The molecule has 1 aromatic carbocycles. The van der Waals surface area contributed by atoms with E-state index in [1.165, 1.54) is 22.9 Å². The second-order valence-electron chi connectivity index (χ2n) is 4.14. The summed E-state index contributed by atoms with van der Waals surface area (Å²) >= 11 is 1.39. The highest BCUT2D eigenvalue weighted by atomic mass is 32.2. The largest absolute Gasteiger partial charge is 0.309 e. The van der Waals surface area contributed by atoms with E-state index in [9.17, 15) is 9.00 Å². The SMILES string of the molecule is C=S(=O)(Nc1ccc(/C=C/C(=O)NO)cc1)c1cccs1. The van der Waals surface area contributed by atoms with E-state index >= 15 is 0 Å². The molecule has 21 heavy (non-hydrogen) atoms. The first-order chi connectivity index (χ1) is 10.0. The van der Waals surface area contributed by atoms with Gasteiger partial charge in [-0.3, -0.25) is 10.0 Å². The molecule has 1 amide bonds. The van der Waals surface area contributed by atoms with E-state index < -0.39 is 15.6 Å². The number of thiophene rings is 1. The lowest BCUT2D eigenvalue weighted by atomic mass is 10.2. The molecule has 0 radical (unpaired) electrons.